The second-order valence-corrected chi connectivity index (χ2v) is 6.03. The number of halogens is 1. The van der Waals surface area contributed by atoms with E-state index in [0.717, 1.165) is 14.4 Å². The lowest BCUT2D eigenvalue weighted by atomic mass is 10.3. The van der Waals surface area contributed by atoms with Crippen LogP contribution in [0.4, 0.5) is 0 Å². The smallest absolute Gasteiger partial charge is 0.187 e. The predicted molar refractivity (Wildman–Crippen MR) is 79.8 cm³/mol. The topological polar surface area (TPSA) is 45.6 Å². The quantitative estimate of drug-likeness (QED) is 0.375. The Balaban J connectivity index is 2.40. The molecule has 0 aliphatic carbocycles. The monoisotopic (exact) mass is 335 g/mol. The van der Waals surface area contributed by atoms with Gasteiger partial charge in [0.15, 0.2) is 5.11 Å². The minimum Gasteiger partial charge on any atom is -0.383 e. The van der Waals surface area contributed by atoms with Crippen LogP contribution in [0.2, 0.25) is 0 Å². The van der Waals surface area contributed by atoms with Gasteiger partial charge in [-0.15, -0.1) is 11.3 Å². The van der Waals surface area contributed by atoms with Gasteiger partial charge in [-0.25, -0.2) is 0 Å². The van der Waals surface area contributed by atoms with Gasteiger partial charge in [-0.1, -0.05) is 0 Å². The van der Waals surface area contributed by atoms with Gasteiger partial charge in [-0.3, -0.25) is 5.43 Å². The molecular formula is C10H14BrN3OS2. The first-order valence-electron chi connectivity index (χ1n) is 4.96. The summed E-state index contributed by atoms with van der Waals surface area (Å²) in [6.07, 6.45) is 0. The Hall–Kier alpha value is -0.500. The number of nitrogens with zero attached hydrogens (tertiary/aromatic N) is 1. The fourth-order valence-electron chi connectivity index (χ4n) is 1.00. The highest BCUT2D eigenvalue weighted by atomic mass is 79.9. The summed E-state index contributed by atoms with van der Waals surface area (Å²) < 4.78 is 5.99. The van der Waals surface area contributed by atoms with Crippen molar-refractivity contribution in [1.29, 1.82) is 0 Å². The highest BCUT2D eigenvalue weighted by Crippen LogP contribution is 2.22. The molecule has 0 amide bonds. The van der Waals surface area contributed by atoms with E-state index >= 15 is 0 Å². The maximum atomic E-state index is 5.05. The first kappa shape index (κ1) is 14.6. The molecule has 1 aromatic heterocycles. The third-order valence-electron chi connectivity index (χ3n) is 1.85. The van der Waals surface area contributed by atoms with Crippen LogP contribution < -0.4 is 10.7 Å². The van der Waals surface area contributed by atoms with Crippen LogP contribution in [0.15, 0.2) is 21.0 Å². The molecule has 0 unspecified atom stereocenters. The summed E-state index contributed by atoms with van der Waals surface area (Å²) in [5.41, 5.74) is 3.69. The Morgan fingerprint density at radius 2 is 2.35 bits per heavy atom. The molecule has 2 N–H and O–H groups in total. The Morgan fingerprint density at radius 3 is 2.94 bits per heavy atom. The second kappa shape index (κ2) is 7.75. The Kier molecular flexibility index (Phi) is 6.64. The third-order valence-corrected chi connectivity index (χ3v) is 3.81. The van der Waals surface area contributed by atoms with Crippen molar-refractivity contribution < 1.29 is 4.74 Å². The number of hydrogen-bond donors (Lipinski definition) is 2. The summed E-state index contributed by atoms with van der Waals surface area (Å²) in [7, 11) is 1.65. The zero-order valence-electron chi connectivity index (χ0n) is 9.62. The van der Waals surface area contributed by atoms with Crippen molar-refractivity contribution >= 4 is 50.3 Å². The SMILES string of the molecule is COCCNC(=S)N/N=C(/C)c1ccc(Br)s1. The summed E-state index contributed by atoms with van der Waals surface area (Å²) >= 11 is 10.1. The van der Waals surface area contributed by atoms with Gasteiger partial charge in [-0.2, -0.15) is 5.10 Å². The predicted octanol–water partition coefficient (Wildman–Crippen LogP) is 2.35. The Labute approximate surface area is 119 Å². The van der Waals surface area contributed by atoms with E-state index in [1.165, 1.54) is 0 Å². The third kappa shape index (κ3) is 5.58. The van der Waals surface area contributed by atoms with Gasteiger partial charge >= 0.3 is 0 Å². The van der Waals surface area contributed by atoms with Gasteiger partial charge in [0, 0.05) is 13.7 Å². The zero-order chi connectivity index (χ0) is 12.7. The summed E-state index contributed by atoms with van der Waals surface area (Å²) in [4.78, 5) is 1.10. The van der Waals surface area contributed by atoms with Gasteiger partial charge in [0.25, 0.3) is 0 Å². The lowest BCUT2D eigenvalue weighted by Gasteiger charge is -2.06. The van der Waals surface area contributed by atoms with Gasteiger partial charge in [0.1, 0.15) is 0 Å². The molecule has 4 nitrogen and oxygen atoms in total. The van der Waals surface area contributed by atoms with E-state index in [9.17, 15) is 0 Å². The molecule has 0 radical (unpaired) electrons. The van der Waals surface area contributed by atoms with Crippen LogP contribution >= 0.6 is 39.5 Å². The molecule has 0 aliphatic heterocycles. The van der Waals surface area contributed by atoms with E-state index < -0.39 is 0 Å². The summed E-state index contributed by atoms with van der Waals surface area (Å²) in [5, 5.41) is 7.67. The molecular weight excluding hydrogens is 322 g/mol. The fraction of sp³-hybridized carbons (Fsp3) is 0.400. The summed E-state index contributed by atoms with van der Waals surface area (Å²) in [5.74, 6) is 0. The number of methoxy groups -OCH3 is 1. The molecule has 94 valence electrons. The number of thiocarbonyl (C=S) groups is 1. The maximum absolute atomic E-state index is 5.05. The van der Waals surface area contributed by atoms with Crippen molar-refractivity contribution in [2.24, 2.45) is 5.10 Å². The van der Waals surface area contributed by atoms with Crippen molar-refractivity contribution in [1.82, 2.24) is 10.7 Å². The lowest BCUT2D eigenvalue weighted by Crippen LogP contribution is -2.34. The van der Waals surface area contributed by atoms with E-state index in [1.807, 2.05) is 19.1 Å². The molecule has 0 fully saturated rings. The Morgan fingerprint density at radius 1 is 1.59 bits per heavy atom. The normalized spacial score (nSPS) is 11.4. The number of hydrogen-bond acceptors (Lipinski definition) is 4. The van der Waals surface area contributed by atoms with Crippen LogP contribution in [-0.2, 0) is 4.74 Å². The molecule has 0 aromatic carbocycles. The number of hydrazone groups is 1. The van der Waals surface area contributed by atoms with Crippen LogP contribution in [0.5, 0.6) is 0 Å². The minimum absolute atomic E-state index is 0.497. The molecule has 0 atom stereocenters. The second-order valence-electron chi connectivity index (χ2n) is 3.16. The highest BCUT2D eigenvalue weighted by Gasteiger charge is 2.01. The van der Waals surface area contributed by atoms with Gasteiger partial charge in [0.2, 0.25) is 0 Å². The average Bonchev–Trinajstić information content (AvgIpc) is 2.73. The van der Waals surface area contributed by atoms with Crippen LogP contribution in [-0.4, -0.2) is 31.1 Å². The van der Waals surface area contributed by atoms with E-state index in [-0.39, 0.29) is 0 Å². The van der Waals surface area contributed by atoms with Crippen molar-refractivity contribution in [3.05, 3.63) is 20.8 Å². The number of nitrogens with one attached hydrogen (secondary N) is 2. The van der Waals surface area contributed by atoms with E-state index in [2.05, 4.69) is 31.8 Å². The molecule has 7 heteroatoms. The standard InChI is InChI=1S/C10H14BrN3OS2/c1-7(8-3-4-9(11)17-8)13-14-10(16)12-5-6-15-2/h3-4H,5-6H2,1-2H3,(H2,12,14,16)/b13-7-. The van der Waals surface area contributed by atoms with E-state index in [0.29, 0.717) is 18.3 Å². The molecule has 0 aliphatic rings. The van der Waals surface area contributed by atoms with Gasteiger partial charge < -0.3 is 10.1 Å². The first-order chi connectivity index (χ1) is 8.13. The fourth-order valence-corrected chi connectivity index (χ4v) is 2.48. The van der Waals surface area contributed by atoms with Crippen LogP contribution in [0.3, 0.4) is 0 Å². The Bertz CT molecular complexity index is 406. The van der Waals surface area contributed by atoms with Crippen molar-refractivity contribution in [3.63, 3.8) is 0 Å². The minimum atomic E-state index is 0.497. The lowest BCUT2D eigenvalue weighted by molar-refractivity contribution is 0.204. The average molecular weight is 336 g/mol. The number of rotatable bonds is 5. The molecule has 0 saturated heterocycles. The van der Waals surface area contributed by atoms with E-state index in [1.54, 1.807) is 18.4 Å². The van der Waals surface area contributed by atoms with Crippen LogP contribution in [0.25, 0.3) is 0 Å². The van der Waals surface area contributed by atoms with E-state index in [4.69, 9.17) is 17.0 Å². The van der Waals surface area contributed by atoms with Crippen molar-refractivity contribution in [3.8, 4) is 0 Å². The number of thiophene rings is 1. The zero-order valence-corrected chi connectivity index (χ0v) is 12.8. The number of ether oxygens (including phenoxy) is 1. The van der Waals surface area contributed by atoms with Crippen molar-refractivity contribution in [2.75, 3.05) is 20.3 Å². The first-order valence-corrected chi connectivity index (χ1v) is 6.98. The van der Waals surface area contributed by atoms with Crippen LogP contribution in [0, 0.1) is 0 Å². The van der Waals surface area contributed by atoms with Gasteiger partial charge in [-0.05, 0) is 47.2 Å². The highest BCUT2D eigenvalue weighted by molar-refractivity contribution is 9.11. The molecule has 1 rings (SSSR count). The largest absolute Gasteiger partial charge is 0.383 e. The molecule has 0 saturated carbocycles. The molecule has 0 spiro atoms. The molecule has 17 heavy (non-hydrogen) atoms. The maximum Gasteiger partial charge on any atom is 0.187 e. The molecule has 0 bridgehead atoms. The van der Waals surface area contributed by atoms with Crippen molar-refractivity contribution in [2.45, 2.75) is 6.92 Å². The summed E-state index contributed by atoms with van der Waals surface area (Å²) in [6.45, 7) is 3.22. The summed E-state index contributed by atoms with van der Waals surface area (Å²) in [6, 6.07) is 4.00. The van der Waals surface area contributed by atoms with Gasteiger partial charge in [0.05, 0.1) is 21.0 Å². The van der Waals surface area contributed by atoms with Crippen LogP contribution in [0.1, 0.15) is 11.8 Å². The molecule has 1 aromatic rings. The molecule has 1 heterocycles.